The molecule has 2 aromatic rings. The van der Waals surface area contributed by atoms with Crippen LogP contribution in [0.5, 0.6) is 5.75 Å². The lowest BCUT2D eigenvalue weighted by Gasteiger charge is -2.22. The van der Waals surface area contributed by atoms with Gasteiger partial charge in [0.1, 0.15) is 11.6 Å². The Morgan fingerprint density at radius 2 is 1.96 bits per heavy atom. The van der Waals surface area contributed by atoms with Gasteiger partial charge >= 0.3 is 0 Å². The van der Waals surface area contributed by atoms with Gasteiger partial charge in [0.2, 0.25) is 5.91 Å². The van der Waals surface area contributed by atoms with Gasteiger partial charge in [0, 0.05) is 17.8 Å². The highest BCUT2D eigenvalue weighted by molar-refractivity contribution is 6.35. The molecular weight excluding hydrogens is 382 g/mol. The Kier molecular flexibility index (Phi) is 6.83. The minimum absolute atomic E-state index is 0.211. The lowest BCUT2D eigenvalue weighted by Crippen LogP contribution is -2.42. The number of likely N-dealkylation sites (N-methyl/N-ethyl adjacent to an activating group) is 1. The van der Waals surface area contributed by atoms with Gasteiger partial charge in [-0.05, 0) is 43.3 Å². The van der Waals surface area contributed by atoms with Gasteiger partial charge in [-0.2, -0.15) is 0 Å². The van der Waals surface area contributed by atoms with Gasteiger partial charge in [-0.1, -0.05) is 29.3 Å². The van der Waals surface area contributed by atoms with Crippen molar-refractivity contribution in [3.8, 4) is 5.75 Å². The Morgan fingerprint density at radius 1 is 1.23 bits per heavy atom. The first-order valence-corrected chi connectivity index (χ1v) is 8.44. The number of rotatable bonds is 6. The minimum Gasteiger partial charge on any atom is -0.479 e. The van der Waals surface area contributed by atoms with Gasteiger partial charge in [0.25, 0.3) is 5.91 Å². The molecule has 2 aromatic carbocycles. The highest BCUT2D eigenvalue weighted by Crippen LogP contribution is 2.28. The van der Waals surface area contributed by atoms with E-state index < -0.39 is 23.7 Å². The van der Waals surface area contributed by atoms with Crippen molar-refractivity contribution in [2.75, 3.05) is 18.9 Å². The van der Waals surface area contributed by atoms with Crippen LogP contribution in [0, 0.1) is 5.82 Å². The van der Waals surface area contributed by atoms with Crippen LogP contribution in [0.1, 0.15) is 6.92 Å². The SMILES string of the molecule is C[C@H](Oc1ccc(Cl)cc1Cl)C(=O)N(C)CC(=O)Nc1cccc(F)c1. The Hall–Kier alpha value is -2.31. The molecule has 0 aromatic heterocycles. The lowest BCUT2D eigenvalue weighted by molar-refractivity contribution is -0.139. The van der Waals surface area contributed by atoms with Gasteiger partial charge in [-0.15, -0.1) is 0 Å². The quantitative estimate of drug-likeness (QED) is 0.799. The van der Waals surface area contributed by atoms with E-state index in [-0.39, 0.29) is 11.6 Å². The molecule has 2 amide bonds. The zero-order valence-corrected chi connectivity index (χ0v) is 15.6. The molecule has 0 bridgehead atoms. The number of hydrogen-bond donors (Lipinski definition) is 1. The smallest absolute Gasteiger partial charge is 0.263 e. The molecule has 138 valence electrons. The van der Waals surface area contributed by atoms with E-state index in [2.05, 4.69) is 5.32 Å². The second-order valence-corrected chi connectivity index (χ2v) is 6.43. The van der Waals surface area contributed by atoms with Crippen LogP contribution in [-0.4, -0.2) is 36.4 Å². The summed E-state index contributed by atoms with van der Waals surface area (Å²) in [6, 6.07) is 10.1. The van der Waals surface area contributed by atoms with E-state index in [1.807, 2.05) is 0 Å². The van der Waals surface area contributed by atoms with E-state index in [9.17, 15) is 14.0 Å². The van der Waals surface area contributed by atoms with Crippen molar-refractivity contribution >= 4 is 40.7 Å². The molecule has 0 saturated heterocycles. The van der Waals surface area contributed by atoms with Crippen LogP contribution in [-0.2, 0) is 9.59 Å². The Labute approximate surface area is 160 Å². The molecule has 0 fully saturated rings. The molecule has 0 spiro atoms. The maximum Gasteiger partial charge on any atom is 0.263 e. The summed E-state index contributed by atoms with van der Waals surface area (Å²) in [5.74, 6) is -1.02. The molecule has 1 N–H and O–H groups in total. The summed E-state index contributed by atoms with van der Waals surface area (Å²) < 4.78 is 18.7. The fraction of sp³-hybridized carbons (Fsp3) is 0.222. The average Bonchev–Trinajstić information content (AvgIpc) is 2.56. The summed E-state index contributed by atoms with van der Waals surface area (Å²) in [4.78, 5) is 25.6. The number of ether oxygens (including phenoxy) is 1. The fourth-order valence-corrected chi connectivity index (χ4v) is 2.64. The van der Waals surface area contributed by atoms with Gasteiger partial charge in [-0.25, -0.2) is 4.39 Å². The highest BCUT2D eigenvalue weighted by Gasteiger charge is 2.22. The minimum atomic E-state index is -0.861. The lowest BCUT2D eigenvalue weighted by atomic mass is 10.3. The Bertz CT molecular complexity index is 817. The standard InChI is InChI=1S/C18H17Cl2FN2O3/c1-11(26-16-7-6-12(19)8-15(16)20)18(25)23(2)10-17(24)22-14-5-3-4-13(21)9-14/h3-9,11H,10H2,1-2H3,(H,22,24)/t11-/m0/s1. The maximum atomic E-state index is 13.1. The molecule has 0 unspecified atom stereocenters. The second kappa shape index (κ2) is 8.87. The molecule has 0 saturated carbocycles. The molecule has 0 radical (unpaired) electrons. The van der Waals surface area contributed by atoms with E-state index in [0.29, 0.717) is 16.5 Å². The van der Waals surface area contributed by atoms with Gasteiger partial charge in [-0.3, -0.25) is 9.59 Å². The van der Waals surface area contributed by atoms with Crippen LogP contribution in [0.4, 0.5) is 10.1 Å². The number of carbonyl (C=O) groups is 2. The Balaban J connectivity index is 1.92. The molecular formula is C18H17Cl2FN2O3. The van der Waals surface area contributed by atoms with Crippen LogP contribution < -0.4 is 10.1 Å². The first-order valence-electron chi connectivity index (χ1n) is 7.68. The average molecular weight is 399 g/mol. The Morgan fingerprint density at radius 3 is 2.62 bits per heavy atom. The van der Waals surface area contributed by atoms with E-state index in [0.717, 1.165) is 0 Å². The number of halogens is 3. The fourth-order valence-electron chi connectivity index (χ4n) is 2.18. The van der Waals surface area contributed by atoms with E-state index >= 15 is 0 Å². The van der Waals surface area contributed by atoms with Crippen LogP contribution in [0.25, 0.3) is 0 Å². The number of nitrogens with one attached hydrogen (secondary N) is 1. The topological polar surface area (TPSA) is 58.6 Å². The largest absolute Gasteiger partial charge is 0.479 e. The number of anilines is 1. The maximum absolute atomic E-state index is 13.1. The predicted octanol–water partition coefficient (Wildman–Crippen LogP) is 4.00. The van der Waals surface area contributed by atoms with E-state index in [1.54, 1.807) is 25.1 Å². The first-order chi connectivity index (χ1) is 12.3. The molecule has 8 heteroatoms. The molecule has 5 nitrogen and oxygen atoms in total. The molecule has 1 atom stereocenters. The third kappa shape index (κ3) is 5.61. The number of benzene rings is 2. The summed E-state index contributed by atoms with van der Waals surface area (Å²) in [7, 11) is 1.47. The molecule has 0 heterocycles. The zero-order valence-electron chi connectivity index (χ0n) is 14.1. The van der Waals surface area contributed by atoms with Gasteiger partial charge in [0.05, 0.1) is 11.6 Å². The van der Waals surface area contributed by atoms with Crippen LogP contribution in [0.3, 0.4) is 0 Å². The van der Waals surface area contributed by atoms with Crippen molar-refractivity contribution in [2.45, 2.75) is 13.0 Å². The summed E-state index contributed by atoms with van der Waals surface area (Å²) in [5, 5.41) is 3.26. The van der Waals surface area contributed by atoms with E-state index in [4.69, 9.17) is 27.9 Å². The van der Waals surface area contributed by atoms with Gasteiger partial charge in [0.15, 0.2) is 6.10 Å². The van der Waals surface area contributed by atoms with E-state index in [1.165, 1.54) is 36.2 Å². The van der Waals surface area contributed by atoms with Crippen LogP contribution in [0.15, 0.2) is 42.5 Å². The molecule has 2 rings (SSSR count). The molecule has 26 heavy (non-hydrogen) atoms. The highest BCUT2D eigenvalue weighted by atomic mass is 35.5. The third-order valence-electron chi connectivity index (χ3n) is 3.41. The van der Waals surface area contributed by atoms with Crippen molar-refractivity contribution in [1.82, 2.24) is 4.90 Å². The number of amides is 2. The summed E-state index contributed by atoms with van der Waals surface area (Å²) in [5.41, 5.74) is 0.313. The molecule has 0 aliphatic heterocycles. The molecule has 0 aliphatic rings. The molecule has 0 aliphatic carbocycles. The first kappa shape index (κ1) is 20.0. The summed E-state index contributed by atoms with van der Waals surface area (Å²) in [6.45, 7) is 1.34. The number of nitrogens with zero attached hydrogens (tertiary/aromatic N) is 1. The van der Waals surface area contributed by atoms with Crippen LogP contribution >= 0.6 is 23.2 Å². The van der Waals surface area contributed by atoms with Crippen molar-refractivity contribution in [3.63, 3.8) is 0 Å². The third-order valence-corrected chi connectivity index (χ3v) is 3.94. The summed E-state index contributed by atoms with van der Waals surface area (Å²) >= 11 is 11.8. The number of carbonyl (C=O) groups excluding carboxylic acids is 2. The van der Waals surface area contributed by atoms with Crippen molar-refractivity contribution in [3.05, 3.63) is 58.3 Å². The normalized spacial score (nSPS) is 11.6. The van der Waals surface area contributed by atoms with Crippen molar-refractivity contribution < 1.29 is 18.7 Å². The van der Waals surface area contributed by atoms with Crippen LogP contribution in [0.2, 0.25) is 10.0 Å². The van der Waals surface area contributed by atoms with Crippen molar-refractivity contribution in [2.24, 2.45) is 0 Å². The summed E-state index contributed by atoms with van der Waals surface area (Å²) in [6.07, 6.45) is -0.861. The number of hydrogen-bond acceptors (Lipinski definition) is 3. The predicted molar refractivity (Wildman–Crippen MR) is 99.2 cm³/mol. The monoisotopic (exact) mass is 398 g/mol. The second-order valence-electron chi connectivity index (χ2n) is 5.59. The zero-order chi connectivity index (χ0) is 19.3. The van der Waals surface area contributed by atoms with Gasteiger partial charge < -0.3 is 15.0 Å². The van der Waals surface area contributed by atoms with Crippen molar-refractivity contribution in [1.29, 1.82) is 0 Å².